The van der Waals surface area contributed by atoms with Gasteiger partial charge in [-0.2, -0.15) is 0 Å². The Hall–Kier alpha value is -0.120. The average Bonchev–Trinajstić information content (AvgIpc) is 2.38. The van der Waals surface area contributed by atoms with Crippen LogP contribution in [0, 0.1) is 0 Å². The van der Waals surface area contributed by atoms with Crippen molar-refractivity contribution in [2.24, 2.45) is 0 Å². The van der Waals surface area contributed by atoms with E-state index in [4.69, 9.17) is 10.8 Å². The van der Waals surface area contributed by atoms with Gasteiger partial charge in [0.05, 0.1) is 11.7 Å². The zero-order valence-electron chi connectivity index (χ0n) is 8.70. The highest BCUT2D eigenvalue weighted by molar-refractivity contribution is 5.14. The quantitative estimate of drug-likeness (QED) is 0.586. The van der Waals surface area contributed by atoms with Crippen LogP contribution in [0.5, 0.6) is 0 Å². The van der Waals surface area contributed by atoms with Crippen molar-refractivity contribution in [2.45, 2.75) is 57.2 Å². The highest BCUT2D eigenvalue weighted by Gasteiger charge is 2.66. The van der Waals surface area contributed by atoms with Crippen LogP contribution in [0.4, 0.5) is 0 Å². The second-order valence-corrected chi connectivity index (χ2v) is 4.25. The van der Waals surface area contributed by atoms with Gasteiger partial charge in [-0.25, -0.2) is 0 Å². The van der Waals surface area contributed by atoms with E-state index in [9.17, 15) is 5.11 Å². The number of ether oxygens (including phenoxy) is 2. The Kier molecular flexibility index (Phi) is 1.23. The Balaban J connectivity index is 2.39. The Morgan fingerprint density at radius 1 is 1.42 bits per heavy atom. The summed E-state index contributed by atoms with van der Waals surface area (Å²) in [6, 6.07) is 0. The van der Waals surface area contributed by atoms with Crippen molar-refractivity contribution in [1.82, 2.24) is 0 Å². The number of fused-ring (bicyclic) bond motifs is 2. The molecule has 0 radical (unpaired) electrons. The van der Waals surface area contributed by atoms with Crippen LogP contribution in [0.25, 0.3) is 0 Å². The molecule has 0 unspecified atom stereocenters. The van der Waals surface area contributed by atoms with Gasteiger partial charge in [-0.05, 0) is 27.7 Å². The molecule has 0 saturated carbocycles. The molecular formula is C9H16O3. The van der Waals surface area contributed by atoms with E-state index in [0.29, 0.717) is 0 Å². The molecule has 2 aliphatic heterocycles. The minimum absolute atomic E-state index is 0.0437. The third kappa shape index (κ3) is 0.721. The third-order valence-corrected chi connectivity index (χ3v) is 3.10. The predicted octanol–water partition coefficient (Wildman–Crippen LogP) is 0.702. The molecule has 0 aromatic carbocycles. The molecule has 70 valence electrons. The fraction of sp³-hybridized carbons (Fsp3) is 1.00. The summed E-state index contributed by atoms with van der Waals surface area (Å²) in [6.07, 6.45) is -1.02. The van der Waals surface area contributed by atoms with E-state index >= 15 is 0 Å². The number of rotatable bonds is 0. The molecule has 12 heavy (non-hydrogen) atoms. The van der Waals surface area contributed by atoms with Gasteiger partial charge >= 0.3 is 0 Å². The molecule has 3 nitrogen and oxygen atoms in total. The van der Waals surface area contributed by atoms with Crippen LogP contribution in [0.1, 0.15) is 29.0 Å². The summed E-state index contributed by atoms with van der Waals surface area (Å²) >= 11 is 0. The molecule has 1 N–H and O–H groups in total. The van der Waals surface area contributed by atoms with Gasteiger partial charge in [0.25, 0.3) is 0 Å². The maximum atomic E-state index is 9.92. The van der Waals surface area contributed by atoms with Crippen LogP contribution >= 0.6 is 0 Å². The topological polar surface area (TPSA) is 38.7 Å². The molecule has 2 saturated heterocycles. The van der Waals surface area contributed by atoms with Crippen molar-refractivity contribution in [1.29, 1.82) is 0 Å². The monoisotopic (exact) mass is 173 g/mol. The molecular weight excluding hydrogens is 156 g/mol. The fourth-order valence-electron chi connectivity index (χ4n) is 2.09. The van der Waals surface area contributed by atoms with Gasteiger partial charge in [-0.1, -0.05) is 0 Å². The summed E-state index contributed by atoms with van der Waals surface area (Å²) in [5.41, 5.74) is -1.37. The SMILES string of the molecule is [2H]C[C@]12O[C@@H](C)[C@H](OC1(C)C)[C@@H]2O. The number of aliphatic hydroxyl groups excluding tert-OH is 1. The molecule has 0 amide bonds. The highest BCUT2D eigenvalue weighted by Crippen LogP contribution is 2.49. The smallest absolute Gasteiger partial charge is 0.123 e. The third-order valence-electron chi connectivity index (χ3n) is 3.10. The summed E-state index contributed by atoms with van der Waals surface area (Å²) in [5.74, 6) is 0. The van der Waals surface area contributed by atoms with E-state index in [1.54, 1.807) is 0 Å². The molecule has 2 fully saturated rings. The molecule has 2 heterocycles. The molecule has 3 heteroatoms. The standard InChI is InChI=1S/C9H16O3/c1-5-6-7(10)9(4,11-5)8(2,3)12-6/h5-7,10H,1-4H3/t5-,6-,7-,9+/m0/s1/i4D. The number of aliphatic hydroxyl groups is 1. The summed E-state index contributed by atoms with van der Waals surface area (Å²) in [7, 11) is 0. The second-order valence-electron chi connectivity index (χ2n) is 4.25. The molecule has 0 spiro atoms. The normalized spacial score (nSPS) is 57.3. The van der Waals surface area contributed by atoms with Gasteiger partial charge in [0.1, 0.15) is 17.8 Å². The van der Waals surface area contributed by atoms with Gasteiger partial charge in [-0.3, -0.25) is 0 Å². The summed E-state index contributed by atoms with van der Waals surface area (Å²) < 4.78 is 18.8. The average molecular weight is 173 g/mol. The number of hydrogen-bond donors (Lipinski definition) is 1. The fourth-order valence-corrected chi connectivity index (χ4v) is 2.09. The highest BCUT2D eigenvalue weighted by atomic mass is 16.7. The Labute approximate surface area is 74.1 Å². The predicted molar refractivity (Wildman–Crippen MR) is 43.9 cm³/mol. The molecule has 4 atom stereocenters. The van der Waals surface area contributed by atoms with E-state index in [0.717, 1.165) is 0 Å². The first-order valence-electron chi connectivity index (χ1n) is 4.98. The first kappa shape index (κ1) is 7.30. The van der Waals surface area contributed by atoms with Crippen LogP contribution in [0.2, 0.25) is 0 Å². The molecule has 2 rings (SSSR count). The zero-order chi connectivity index (χ0) is 9.85. The van der Waals surface area contributed by atoms with Crippen molar-refractivity contribution in [3.8, 4) is 0 Å². The van der Waals surface area contributed by atoms with Gasteiger partial charge < -0.3 is 14.6 Å². The summed E-state index contributed by atoms with van der Waals surface area (Å²) in [5, 5.41) is 9.92. The van der Waals surface area contributed by atoms with Crippen molar-refractivity contribution in [3.63, 3.8) is 0 Å². The van der Waals surface area contributed by atoms with E-state index in [1.807, 2.05) is 20.8 Å². The van der Waals surface area contributed by atoms with Gasteiger partial charge in [-0.15, -0.1) is 0 Å². The lowest BCUT2D eigenvalue weighted by Gasteiger charge is -2.40. The molecule has 0 aliphatic carbocycles. The largest absolute Gasteiger partial charge is 0.387 e. The lowest BCUT2D eigenvalue weighted by molar-refractivity contribution is -0.215. The van der Waals surface area contributed by atoms with Crippen molar-refractivity contribution in [2.75, 3.05) is 0 Å². The zero-order valence-corrected chi connectivity index (χ0v) is 7.70. The van der Waals surface area contributed by atoms with E-state index in [2.05, 4.69) is 0 Å². The first-order chi connectivity index (χ1) is 5.94. The van der Waals surface area contributed by atoms with Crippen LogP contribution in [0.3, 0.4) is 0 Å². The Bertz CT molecular complexity index is 231. The summed E-state index contributed by atoms with van der Waals surface area (Å²) in [6.45, 7) is 5.66. The maximum Gasteiger partial charge on any atom is 0.123 e. The van der Waals surface area contributed by atoms with Crippen molar-refractivity contribution < 1.29 is 16.0 Å². The molecule has 2 aliphatic rings. The Morgan fingerprint density at radius 2 is 2.08 bits per heavy atom. The van der Waals surface area contributed by atoms with Crippen LogP contribution < -0.4 is 0 Å². The minimum Gasteiger partial charge on any atom is -0.387 e. The van der Waals surface area contributed by atoms with Crippen LogP contribution in [-0.2, 0) is 9.47 Å². The van der Waals surface area contributed by atoms with Crippen molar-refractivity contribution >= 4 is 0 Å². The van der Waals surface area contributed by atoms with E-state index < -0.39 is 17.3 Å². The van der Waals surface area contributed by atoms with E-state index in [-0.39, 0.29) is 19.1 Å². The van der Waals surface area contributed by atoms with E-state index in [1.165, 1.54) is 0 Å². The van der Waals surface area contributed by atoms with Gasteiger partial charge in [0, 0.05) is 1.37 Å². The van der Waals surface area contributed by atoms with Crippen LogP contribution in [-0.4, -0.2) is 34.6 Å². The Morgan fingerprint density at radius 3 is 2.42 bits per heavy atom. The van der Waals surface area contributed by atoms with Crippen molar-refractivity contribution in [3.05, 3.63) is 0 Å². The van der Waals surface area contributed by atoms with Gasteiger partial charge in [0.2, 0.25) is 0 Å². The van der Waals surface area contributed by atoms with Gasteiger partial charge in [0.15, 0.2) is 0 Å². The number of hydrogen-bond acceptors (Lipinski definition) is 3. The lowest BCUT2D eigenvalue weighted by atomic mass is 9.86. The summed E-state index contributed by atoms with van der Waals surface area (Å²) in [4.78, 5) is 0. The molecule has 0 aromatic heterocycles. The molecule has 2 bridgehead atoms. The lowest BCUT2D eigenvalue weighted by Crippen LogP contribution is -2.52. The first-order valence-corrected chi connectivity index (χ1v) is 4.27. The van der Waals surface area contributed by atoms with Crippen LogP contribution in [0.15, 0.2) is 0 Å². The minimum atomic E-state index is -0.822. The molecule has 0 aromatic rings. The second kappa shape index (κ2) is 2.03. The maximum absolute atomic E-state index is 9.92.